The molecule has 1 amide bonds. The van der Waals surface area contributed by atoms with Gasteiger partial charge < -0.3 is 15.0 Å². The molecule has 0 radical (unpaired) electrons. The summed E-state index contributed by atoms with van der Waals surface area (Å²) in [5.74, 6) is -0.650. The molecule has 0 fully saturated rings. The first-order valence-electron chi connectivity index (χ1n) is 6.93. The molecule has 1 aliphatic carbocycles. The highest BCUT2D eigenvalue weighted by Crippen LogP contribution is 2.34. The largest absolute Gasteiger partial charge is 0.490 e. The van der Waals surface area contributed by atoms with Crippen molar-refractivity contribution in [1.29, 1.82) is 0 Å². The van der Waals surface area contributed by atoms with E-state index in [4.69, 9.17) is 0 Å². The van der Waals surface area contributed by atoms with Crippen LogP contribution in [0.15, 0.2) is 30.6 Å². The molecule has 0 N–H and O–H groups in total. The molecule has 0 saturated carbocycles. The van der Waals surface area contributed by atoms with Gasteiger partial charge >= 0.3 is 5.95 Å². The normalized spacial score (nSPS) is 16.3. The van der Waals surface area contributed by atoms with Crippen LogP contribution >= 0.6 is 0 Å². The van der Waals surface area contributed by atoms with Crippen molar-refractivity contribution >= 4 is 11.9 Å². The monoisotopic (exact) mass is 301 g/mol. The molecule has 0 aliphatic heterocycles. The predicted octanol–water partition coefficient (Wildman–Crippen LogP) is 1.33. The van der Waals surface area contributed by atoms with Gasteiger partial charge in [0.25, 0.3) is 0 Å². The number of carbonyl (C=O) groups excluding carboxylic acids is 1. The van der Waals surface area contributed by atoms with Gasteiger partial charge in [-0.1, -0.05) is 29.2 Å². The van der Waals surface area contributed by atoms with Gasteiger partial charge in [-0.05, 0) is 28.9 Å². The fourth-order valence-electron chi connectivity index (χ4n) is 2.81. The number of aromatic nitrogens is 3. The Morgan fingerprint density at radius 3 is 3.00 bits per heavy atom. The molecular formula is C14H15N5O3. The van der Waals surface area contributed by atoms with Gasteiger partial charge in [0.2, 0.25) is 12.2 Å². The first kappa shape index (κ1) is 14.2. The van der Waals surface area contributed by atoms with Crippen molar-refractivity contribution in [1.82, 2.24) is 19.7 Å². The van der Waals surface area contributed by atoms with Gasteiger partial charge in [-0.15, -0.1) is 0 Å². The fraction of sp³-hybridized carbons (Fsp3) is 0.357. The van der Waals surface area contributed by atoms with Crippen LogP contribution in [0.2, 0.25) is 0 Å². The van der Waals surface area contributed by atoms with Gasteiger partial charge in [0, 0.05) is 12.1 Å². The van der Waals surface area contributed by atoms with Crippen LogP contribution in [0.3, 0.4) is 0 Å². The summed E-state index contributed by atoms with van der Waals surface area (Å²) in [5, 5.41) is 14.2. The SMILES string of the molecule is CN(C(=O)Cn1cnc([N+](=O)[O-])n1)[C@@H]1CCc2ccccc21. The molecular weight excluding hydrogens is 286 g/mol. The van der Waals surface area contributed by atoms with Gasteiger partial charge in [-0.25, -0.2) is 0 Å². The van der Waals surface area contributed by atoms with E-state index < -0.39 is 10.9 Å². The Morgan fingerprint density at radius 2 is 2.27 bits per heavy atom. The van der Waals surface area contributed by atoms with Gasteiger partial charge in [0.15, 0.2) is 0 Å². The van der Waals surface area contributed by atoms with Crippen LogP contribution in [0.5, 0.6) is 0 Å². The van der Waals surface area contributed by atoms with Gasteiger partial charge in [-0.2, -0.15) is 4.68 Å². The highest BCUT2D eigenvalue weighted by Gasteiger charge is 2.29. The smallest absolute Gasteiger partial charge is 0.390 e. The van der Waals surface area contributed by atoms with E-state index in [0.29, 0.717) is 0 Å². The number of fused-ring (bicyclic) bond motifs is 1. The van der Waals surface area contributed by atoms with Crippen LogP contribution in [-0.4, -0.2) is 37.5 Å². The second-order valence-electron chi connectivity index (χ2n) is 5.26. The third-order valence-corrected chi connectivity index (χ3v) is 3.95. The Morgan fingerprint density at radius 1 is 1.50 bits per heavy atom. The maximum Gasteiger partial charge on any atom is 0.490 e. The minimum Gasteiger partial charge on any atom is -0.390 e. The molecule has 0 spiro atoms. The number of nitro groups is 1. The van der Waals surface area contributed by atoms with E-state index in [2.05, 4.69) is 16.1 Å². The molecule has 22 heavy (non-hydrogen) atoms. The highest BCUT2D eigenvalue weighted by molar-refractivity contribution is 5.76. The topological polar surface area (TPSA) is 94.2 Å². The number of likely N-dealkylation sites (N-methyl/N-ethyl adjacent to an activating group) is 1. The first-order chi connectivity index (χ1) is 10.6. The van der Waals surface area contributed by atoms with E-state index >= 15 is 0 Å². The van der Waals surface area contributed by atoms with E-state index in [0.717, 1.165) is 12.8 Å². The minimum absolute atomic E-state index is 0.0437. The van der Waals surface area contributed by atoms with Gasteiger partial charge in [0.05, 0.1) is 6.04 Å². The summed E-state index contributed by atoms with van der Waals surface area (Å²) >= 11 is 0. The molecule has 3 rings (SSSR count). The number of amides is 1. The third-order valence-electron chi connectivity index (χ3n) is 3.95. The first-order valence-corrected chi connectivity index (χ1v) is 6.93. The lowest BCUT2D eigenvalue weighted by Crippen LogP contribution is -2.33. The van der Waals surface area contributed by atoms with Crippen molar-refractivity contribution < 1.29 is 9.72 Å². The zero-order valence-electron chi connectivity index (χ0n) is 12.0. The van der Waals surface area contributed by atoms with Crippen molar-refractivity contribution in [3.05, 3.63) is 51.8 Å². The lowest BCUT2D eigenvalue weighted by atomic mass is 10.1. The molecule has 1 aliphatic rings. The Labute approximate surface area is 126 Å². The molecule has 1 heterocycles. The number of nitrogens with zero attached hydrogens (tertiary/aromatic N) is 5. The third kappa shape index (κ3) is 2.54. The van der Waals surface area contributed by atoms with E-state index in [1.807, 2.05) is 18.2 Å². The molecule has 2 aromatic rings. The van der Waals surface area contributed by atoms with E-state index in [-0.39, 0.29) is 18.5 Å². The second-order valence-corrected chi connectivity index (χ2v) is 5.26. The number of hydrogen-bond donors (Lipinski definition) is 0. The van der Waals surface area contributed by atoms with Crippen molar-refractivity contribution in [2.45, 2.75) is 25.4 Å². The Hall–Kier alpha value is -2.77. The Balaban J connectivity index is 1.71. The summed E-state index contributed by atoms with van der Waals surface area (Å²) in [6.45, 7) is -0.0595. The number of hydrogen-bond acceptors (Lipinski definition) is 5. The minimum atomic E-state index is -0.683. The second kappa shape index (κ2) is 5.55. The summed E-state index contributed by atoms with van der Waals surface area (Å²) in [4.78, 5) is 27.4. The summed E-state index contributed by atoms with van der Waals surface area (Å²) in [6, 6.07) is 8.13. The number of benzene rings is 1. The van der Waals surface area contributed by atoms with Crippen LogP contribution in [0.25, 0.3) is 0 Å². The molecule has 8 heteroatoms. The molecule has 0 unspecified atom stereocenters. The summed E-state index contributed by atoms with van der Waals surface area (Å²) in [6.07, 6.45) is 3.04. The molecule has 8 nitrogen and oxygen atoms in total. The van der Waals surface area contributed by atoms with Crippen LogP contribution in [0, 0.1) is 10.1 Å². The molecule has 114 valence electrons. The molecule has 0 bridgehead atoms. The summed E-state index contributed by atoms with van der Waals surface area (Å²) < 4.78 is 1.19. The number of rotatable bonds is 4. The molecule has 1 atom stereocenters. The zero-order chi connectivity index (χ0) is 15.7. The predicted molar refractivity (Wildman–Crippen MR) is 77.0 cm³/mol. The summed E-state index contributed by atoms with van der Waals surface area (Å²) in [5.41, 5.74) is 2.44. The van der Waals surface area contributed by atoms with Crippen LogP contribution in [0.4, 0.5) is 5.95 Å². The van der Waals surface area contributed by atoms with Crippen LogP contribution < -0.4 is 0 Å². The standard InChI is InChI=1S/C14H15N5O3/c1-17(12-7-6-10-4-2-3-5-11(10)12)13(20)8-18-9-15-14(16-18)19(21)22/h2-5,9,12H,6-8H2,1H3/t12-/m1/s1. The number of aryl methyl sites for hydroxylation is 1. The van der Waals surface area contributed by atoms with Gasteiger partial charge in [-0.3, -0.25) is 4.79 Å². The fourth-order valence-corrected chi connectivity index (χ4v) is 2.81. The lowest BCUT2D eigenvalue weighted by Gasteiger charge is -2.25. The molecule has 1 aromatic carbocycles. The van der Waals surface area contributed by atoms with Crippen molar-refractivity contribution in [2.24, 2.45) is 0 Å². The molecule has 0 saturated heterocycles. The quantitative estimate of drug-likeness (QED) is 0.627. The van der Waals surface area contributed by atoms with Crippen LogP contribution in [0.1, 0.15) is 23.6 Å². The maximum atomic E-state index is 12.4. The maximum absolute atomic E-state index is 12.4. The van der Waals surface area contributed by atoms with Crippen molar-refractivity contribution in [3.8, 4) is 0 Å². The van der Waals surface area contributed by atoms with Gasteiger partial charge in [0.1, 0.15) is 6.54 Å². The van der Waals surface area contributed by atoms with E-state index in [1.54, 1.807) is 11.9 Å². The Kier molecular flexibility index (Phi) is 3.58. The molecule has 1 aromatic heterocycles. The Bertz CT molecular complexity index is 727. The number of carbonyl (C=O) groups is 1. The van der Waals surface area contributed by atoms with Crippen molar-refractivity contribution in [2.75, 3.05) is 7.05 Å². The van der Waals surface area contributed by atoms with E-state index in [9.17, 15) is 14.9 Å². The average Bonchev–Trinajstić information content (AvgIpc) is 3.13. The van der Waals surface area contributed by atoms with E-state index in [1.165, 1.54) is 22.1 Å². The average molecular weight is 301 g/mol. The lowest BCUT2D eigenvalue weighted by molar-refractivity contribution is -0.394. The van der Waals surface area contributed by atoms with Crippen LogP contribution in [-0.2, 0) is 17.8 Å². The van der Waals surface area contributed by atoms with Crippen molar-refractivity contribution in [3.63, 3.8) is 0 Å². The highest BCUT2D eigenvalue weighted by atomic mass is 16.6. The summed E-state index contributed by atoms with van der Waals surface area (Å²) in [7, 11) is 1.75. The zero-order valence-corrected chi connectivity index (χ0v) is 12.0.